The van der Waals surface area contributed by atoms with E-state index in [1.54, 1.807) is 0 Å². The van der Waals surface area contributed by atoms with E-state index >= 15 is 0 Å². The van der Waals surface area contributed by atoms with Crippen LogP contribution in [-0.2, 0) is 7.05 Å². The van der Waals surface area contributed by atoms with Gasteiger partial charge < -0.3 is 18.8 Å². The minimum Gasteiger partial charge on any atom is -0.443 e. The van der Waals surface area contributed by atoms with Gasteiger partial charge in [0.2, 0.25) is 0 Å². The maximum Gasteiger partial charge on any atom is 0.181 e. The normalized spacial score (nSPS) is 17.4. The van der Waals surface area contributed by atoms with E-state index in [0.717, 1.165) is 27.0 Å². The van der Waals surface area contributed by atoms with Crippen molar-refractivity contribution in [3.05, 3.63) is 54.6 Å². The first-order valence-electron chi connectivity index (χ1n) is 10.00. The molecule has 0 saturated carbocycles. The Labute approximate surface area is 165 Å². The fraction of sp³-hybridized carbons (Fsp3) is 0.348. The number of hydrogen-bond acceptors (Lipinski definition) is 3. The highest BCUT2D eigenvalue weighted by Gasteiger charge is 2.28. The molecule has 2 aromatic carbocycles. The highest BCUT2D eigenvalue weighted by atomic mass is 16.3. The monoisotopic (exact) mass is 375 g/mol. The first kappa shape index (κ1) is 17.3. The Kier molecular flexibility index (Phi) is 3.95. The molecule has 0 bridgehead atoms. The second kappa shape index (κ2) is 6.38. The van der Waals surface area contributed by atoms with Crippen molar-refractivity contribution in [2.75, 3.05) is 32.5 Å². The van der Waals surface area contributed by atoms with Crippen LogP contribution in [0.2, 0.25) is 0 Å². The molecule has 5 heteroatoms. The van der Waals surface area contributed by atoms with E-state index < -0.39 is 0 Å². The van der Waals surface area contributed by atoms with Gasteiger partial charge in [0.05, 0.1) is 32.7 Å². The van der Waals surface area contributed by atoms with Crippen LogP contribution in [-0.4, -0.2) is 41.2 Å². The van der Waals surface area contributed by atoms with Gasteiger partial charge in [0, 0.05) is 42.8 Å². The van der Waals surface area contributed by atoms with Crippen LogP contribution in [0.5, 0.6) is 0 Å². The number of quaternary nitrogens is 1. The molecule has 3 heterocycles. The number of rotatable bonds is 3. The second-order valence-electron chi connectivity index (χ2n) is 8.74. The van der Waals surface area contributed by atoms with E-state index in [9.17, 15) is 0 Å². The number of aromatic nitrogens is 2. The van der Waals surface area contributed by atoms with Gasteiger partial charge in [-0.2, -0.15) is 0 Å². The van der Waals surface area contributed by atoms with Gasteiger partial charge in [-0.05, 0) is 41.8 Å². The standard InChI is InChI=1S/C23H27N4O/c1-26-14-20(16-8-10-27(2,3)11-9-16)19-6-4-18(13-22(19)26)25-17-5-7-23-21(12-17)24-15-28-23/h4-7,12-16,25H,8-11H2,1-3H3/q+1. The molecule has 0 radical (unpaired) electrons. The van der Waals surface area contributed by atoms with E-state index in [1.165, 1.54) is 48.8 Å². The van der Waals surface area contributed by atoms with Gasteiger partial charge in [0.15, 0.2) is 12.0 Å². The number of hydrogen-bond donors (Lipinski definition) is 1. The average molecular weight is 375 g/mol. The zero-order chi connectivity index (χ0) is 19.3. The van der Waals surface area contributed by atoms with Crippen LogP contribution in [0, 0.1) is 0 Å². The van der Waals surface area contributed by atoms with Crippen LogP contribution in [0.25, 0.3) is 22.0 Å². The zero-order valence-electron chi connectivity index (χ0n) is 16.8. The summed E-state index contributed by atoms with van der Waals surface area (Å²) in [4.78, 5) is 4.24. The van der Waals surface area contributed by atoms with Crippen molar-refractivity contribution < 1.29 is 8.90 Å². The molecule has 0 spiro atoms. The highest BCUT2D eigenvalue weighted by molar-refractivity contribution is 5.88. The van der Waals surface area contributed by atoms with Gasteiger partial charge in [-0.15, -0.1) is 0 Å². The molecule has 5 nitrogen and oxygen atoms in total. The molecule has 1 fully saturated rings. The molecular weight excluding hydrogens is 348 g/mol. The summed E-state index contributed by atoms with van der Waals surface area (Å²) in [5.74, 6) is 0.670. The number of oxazole rings is 1. The SMILES string of the molecule is Cn1cc(C2CC[N+](C)(C)CC2)c2ccc(Nc3ccc4ocnc4c3)cc21. The molecule has 2 aromatic heterocycles. The third-order valence-electron chi connectivity index (χ3n) is 6.25. The lowest BCUT2D eigenvalue weighted by atomic mass is 9.88. The van der Waals surface area contributed by atoms with Crippen LogP contribution in [0.15, 0.2) is 53.4 Å². The number of likely N-dealkylation sites (tertiary alicyclic amines) is 1. The summed E-state index contributed by atoms with van der Waals surface area (Å²) in [6.45, 7) is 2.51. The third kappa shape index (κ3) is 3.06. The summed E-state index contributed by atoms with van der Waals surface area (Å²) in [6.07, 6.45) is 6.36. The van der Waals surface area contributed by atoms with E-state index in [-0.39, 0.29) is 0 Å². The van der Waals surface area contributed by atoms with Crippen molar-refractivity contribution in [3.8, 4) is 0 Å². The van der Waals surface area contributed by atoms with Crippen LogP contribution in [0.3, 0.4) is 0 Å². The van der Waals surface area contributed by atoms with Crippen LogP contribution in [0.4, 0.5) is 11.4 Å². The van der Waals surface area contributed by atoms with Crippen molar-refractivity contribution in [1.82, 2.24) is 9.55 Å². The number of fused-ring (bicyclic) bond motifs is 2. The number of benzene rings is 2. The van der Waals surface area contributed by atoms with Crippen molar-refractivity contribution in [2.45, 2.75) is 18.8 Å². The molecule has 1 aliphatic rings. The van der Waals surface area contributed by atoms with Crippen molar-refractivity contribution in [1.29, 1.82) is 0 Å². The van der Waals surface area contributed by atoms with Gasteiger partial charge in [0.25, 0.3) is 0 Å². The quantitative estimate of drug-likeness (QED) is 0.512. The Morgan fingerprint density at radius 3 is 2.64 bits per heavy atom. The fourth-order valence-electron chi connectivity index (χ4n) is 4.50. The molecule has 0 aliphatic carbocycles. The van der Waals surface area contributed by atoms with E-state index in [4.69, 9.17) is 4.42 Å². The molecule has 144 valence electrons. The maximum atomic E-state index is 5.33. The van der Waals surface area contributed by atoms with Gasteiger partial charge in [0.1, 0.15) is 5.52 Å². The molecule has 4 aromatic rings. The molecule has 0 unspecified atom stereocenters. The first-order valence-corrected chi connectivity index (χ1v) is 10.00. The Morgan fingerprint density at radius 2 is 1.82 bits per heavy atom. The molecule has 28 heavy (non-hydrogen) atoms. The zero-order valence-corrected chi connectivity index (χ0v) is 16.8. The Hall–Kier alpha value is -2.79. The summed E-state index contributed by atoms with van der Waals surface area (Å²) >= 11 is 0. The summed E-state index contributed by atoms with van der Waals surface area (Å²) in [7, 11) is 6.83. The van der Waals surface area contributed by atoms with Crippen molar-refractivity contribution in [3.63, 3.8) is 0 Å². The lowest BCUT2D eigenvalue weighted by Crippen LogP contribution is -2.45. The van der Waals surface area contributed by atoms with Gasteiger partial charge in [-0.1, -0.05) is 6.07 Å². The second-order valence-corrected chi connectivity index (χ2v) is 8.74. The molecule has 1 N–H and O–H groups in total. The van der Waals surface area contributed by atoms with E-state index in [1.807, 2.05) is 18.2 Å². The summed E-state index contributed by atoms with van der Waals surface area (Å²) < 4.78 is 8.74. The third-order valence-corrected chi connectivity index (χ3v) is 6.25. The van der Waals surface area contributed by atoms with Crippen LogP contribution in [0.1, 0.15) is 24.3 Å². The van der Waals surface area contributed by atoms with Gasteiger partial charge >= 0.3 is 0 Å². The average Bonchev–Trinajstić information content (AvgIpc) is 3.26. The number of aryl methyl sites for hydroxylation is 1. The molecule has 5 rings (SSSR count). The number of piperidine rings is 1. The minimum atomic E-state index is 0.670. The Balaban J connectivity index is 1.44. The number of nitrogens with zero attached hydrogens (tertiary/aromatic N) is 3. The summed E-state index contributed by atoms with van der Waals surface area (Å²) in [6, 6.07) is 12.7. The van der Waals surface area contributed by atoms with Crippen molar-refractivity contribution in [2.24, 2.45) is 7.05 Å². The summed E-state index contributed by atoms with van der Waals surface area (Å²) in [5, 5.41) is 4.89. The Morgan fingerprint density at radius 1 is 1.07 bits per heavy atom. The molecule has 0 atom stereocenters. The highest BCUT2D eigenvalue weighted by Crippen LogP contribution is 2.36. The van der Waals surface area contributed by atoms with Crippen LogP contribution < -0.4 is 5.32 Å². The molecule has 0 amide bonds. The van der Waals surface area contributed by atoms with Gasteiger partial charge in [-0.25, -0.2) is 4.98 Å². The largest absolute Gasteiger partial charge is 0.443 e. The maximum absolute atomic E-state index is 5.33. The first-order chi connectivity index (χ1) is 13.5. The lowest BCUT2D eigenvalue weighted by molar-refractivity contribution is -0.895. The number of nitrogens with one attached hydrogen (secondary N) is 1. The molecule has 1 aliphatic heterocycles. The number of anilines is 2. The van der Waals surface area contributed by atoms with E-state index in [2.05, 4.69) is 60.4 Å². The predicted octanol–water partition coefficient (Wildman–Crippen LogP) is 5.02. The van der Waals surface area contributed by atoms with E-state index in [0.29, 0.717) is 5.92 Å². The summed E-state index contributed by atoms with van der Waals surface area (Å²) in [5.41, 5.74) is 6.56. The topological polar surface area (TPSA) is 43.0 Å². The van der Waals surface area contributed by atoms with Crippen LogP contribution >= 0.6 is 0 Å². The fourth-order valence-corrected chi connectivity index (χ4v) is 4.50. The Bertz CT molecular complexity index is 1140. The predicted molar refractivity (Wildman–Crippen MR) is 114 cm³/mol. The van der Waals surface area contributed by atoms with Gasteiger partial charge in [-0.3, -0.25) is 0 Å². The lowest BCUT2D eigenvalue weighted by Gasteiger charge is -2.37. The minimum absolute atomic E-state index is 0.670. The van der Waals surface area contributed by atoms with Crippen molar-refractivity contribution >= 4 is 33.4 Å². The molecular formula is C23H27N4O+. The smallest absolute Gasteiger partial charge is 0.181 e. The molecule has 1 saturated heterocycles.